The molecule has 2 aliphatic heterocycles. The molecule has 2 aromatic heterocycles. The predicted octanol–water partition coefficient (Wildman–Crippen LogP) is 7.64. The van der Waals surface area contributed by atoms with Gasteiger partial charge in [-0.05, 0) is 50.7 Å². The van der Waals surface area contributed by atoms with Crippen LogP contribution in [0.1, 0.15) is 55.8 Å². The number of benzene rings is 2. The Kier molecular flexibility index (Phi) is 6.92. The van der Waals surface area contributed by atoms with Gasteiger partial charge in [0.25, 0.3) is 0 Å². The predicted molar refractivity (Wildman–Crippen MR) is 146 cm³/mol. The molecule has 43 heavy (non-hydrogen) atoms. The van der Waals surface area contributed by atoms with Gasteiger partial charge in [-0.1, -0.05) is 28.6 Å². The number of hydrogen-bond donors (Lipinski definition) is 1. The van der Waals surface area contributed by atoms with Crippen LogP contribution in [0.2, 0.25) is 0 Å². The van der Waals surface area contributed by atoms with Crippen LogP contribution in [0, 0.1) is 5.82 Å². The van der Waals surface area contributed by atoms with Gasteiger partial charge >= 0.3 is 12.5 Å². The van der Waals surface area contributed by atoms with Gasteiger partial charge in [-0.15, -0.1) is 13.2 Å². The van der Waals surface area contributed by atoms with Gasteiger partial charge in [0.15, 0.2) is 10.9 Å². The molecule has 3 fully saturated rings. The van der Waals surface area contributed by atoms with Gasteiger partial charge < -0.3 is 28.7 Å². The highest BCUT2D eigenvalue weighted by molar-refractivity contribution is 7.22. The summed E-state index contributed by atoms with van der Waals surface area (Å²) in [6.07, 6.45) is -1.47. The van der Waals surface area contributed by atoms with E-state index in [9.17, 15) is 22.4 Å². The van der Waals surface area contributed by atoms with Crippen molar-refractivity contribution in [2.75, 3.05) is 4.90 Å². The number of halogens is 4. The van der Waals surface area contributed by atoms with Gasteiger partial charge in [0, 0.05) is 41.3 Å². The molecule has 226 valence electrons. The van der Waals surface area contributed by atoms with Crippen molar-refractivity contribution in [2.45, 2.75) is 75.6 Å². The average molecular weight is 620 g/mol. The van der Waals surface area contributed by atoms with Crippen molar-refractivity contribution >= 4 is 32.8 Å². The van der Waals surface area contributed by atoms with Gasteiger partial charge in [0.05, 0.1) is 17.4 Å². The molecular formula is C29H25F4N3O6S. The number of carboxylic acid groups (broad SMARTS) is 1. The number of thiazole rings is 1. The first kappa shape index (κ1) is 27.9. The molecule has 3 aliphatic rings. The summed E-state index contributed by atoms with van der Waals surface area (Å²) in [5, 5.41) is 13.7. The zero-order valence-electron chi connectivity index (χ0n) is 22.5. The number of aromatic nitrogens is 2. The fraction of sp³-hybridized carbons (Fsp3) is 0.414. The molecule has 0 spiro atoms. The molecule has 1 unspecified atom stereocenters. The van der Waals surface area contributed by atoms with Gasteiger partial charge in [0.2, 0.25) is 0 Å². The van der Waals surface area contributed by atoms with Crippen LogP contribution in [-0.4, -0.2) is 46.0 Å². The normalized spacial score (nSPS) is 21.9. The van der Waals surface area contributed by atoms with E-state index < -0.39 is 18.3 Å². The van der Waals surface area contributed by atoms with Crippen LogP contribution >= 0.6 is 11.3 Å². The largest absolute Gasteiger partial charge is 0.573 e. The Morgan fingerprint density at radius 2 is 1.86 bits per heavy atom. The fourth-order valence-electron chi connectivity index (χ4n) is 6.22. The summed E-state index contributed by atoms with van der Waals surface area (Å²) in [6, 6.07) is 8.55. The summed E-state index contributed by atoms with van der Waals surface area (Å²) in [6.45, 7) is 0.133. The van der Waals surface area contributed by atoms with E-state index in [2.05, 4.69) is 24.5 Å². The molecule has 1 aliphatic carbocycles. The van der Waals surface area contributed by atoms with Crippen LogP contribution in [0.5, 0.6) is 11.5 Å². The van der Waals surface area contributed by atoms with Crippen molar-refractivity contribution < 1.29 is 46.2 Å². The summed E-state index contributed by atoms with van der Waals surface area (Å²) in [5.74, 6) is -0.310. The Balaban J connectivity index is 1.09. The highest BCUT2D eigenvalue weighted by atomic mass is 32.1. The lowest BCUT2D eigenvalue weighted by molar-refractivity contribution is -0.274. The summed E-state index contributed by atoms with van der Waals surface area (Å²) in [4.78, 5) is 17.6. The van der Waals surface area contributed by atoms with Gasteiger partial charge in [0.1, 0.15) is 28.5 Å². The molecule has 7 rings (SSSR count). The van der Waals surface area contributed by atoms with Crippen molar-refractivity contribution in [1.29, 1.82) is 0 Å². The summed E-state index contributed by atoms with van der Waals surface area (Å²) >= 11 is 1.28. The maximum absolute atomic E-state index is 14.7. The van der Waals surface area contributed by atoms with E-state index >= 15 is 0 Å². The van der Waals surface area contributed by atoms with Crippen LogP contribution < -0.4 is 14.4 Å². The molecule has 3 atom stereocenters. The number of ether oxygens (including phenoxy) is 3. The number of hydrogen-bond acceptors (Lipinski definition) is 9. The number of rotatable bonds is 8. The molecule has 2 aromatic carbocycles. The van der Waals surface area contributed by atoms with E-state index in [-0.39, 0.29) is 59.0 Å². The van der Waals surface area contributed by atoms with Crippen molar-refractivity contribution in [3.8, 4) is 22.8 Å². The molecule has 2 saturated heterocycles. The number of anilines is 1. The molecule has 1 saturated carbocycles. The van der Waals surface area contributed by atoms with Crippen LogP contribution in [-0.2, 0) is 11.3 Å². The Labute approximate surface area is 245 Å². The molecule has 9 nitrogen and oxygen atoms in total. The molecule has 4 heterocycles. The number of carbonyl (C=O) groups is 1. The second kappa shape index (κ2) is 10.7. The lowest BCUT2D eigenvalue weighted by Gasteiger charge is -2.38. The molecule has 2 bridgehead atoms. The number of alkyl halides is 3. The van der Waals surface area contributed by atoms with Crippen LogP contribution in [0.3, 0.4) is 0 Å². The first-order chi connectivity index (χ1) is 20.6. The van der Waals surface area contributed by atoms with Crippen molar-refractivity contribution in [3.05, 3.63) is 53.5 Å². The van der Waals surface area contributed by atoms with Gasteiger partial charge in [-0.2, -0.15) is 0 Å². The minimum absolute atomic E-state index is 0.103. The van der Waals surface area contributed by atoms with E-state index in [1.807, 2.05) is 0 Å². The van der Waals surface area contributed by atoms with Crippen molar-refractivity contribution in [3.63, 3.8) is 0 Å². The fourth-order valence-corrected chi connectivity index (χ4v) is 7.37. The zero-order chi connectivity index (χ0) is 29.9. The highest BCUT2D eigenvalue weighted by Crippen LogP contribution is 2.47. The second-order valence-electron chi connectivity index (χ2n) is 11.0. The lowest BCUT2D eigenvalue weighted by Crippen LogP contribution is -2.45. The minimum atomic E-state index is -4.85. The number of fused-ring (bicyclic) bond motifs is 3. The van der Waals surface area contributed by atoms with Crippen molar-refractivity contribution in [2.24, 2.45) is 0 Å². The molecule has 14 heteroatoms. The first-order valence-electron chi connectivity index (χ1n) is 13.9. The number of nitrogens with zero attached hydrogens (tertiary/aromatic N) is 3. The topological polar surface area (TPSA) is 107 Å². The summed E-state index contributed by atoms with van der Waals surface area (Å²) in [5.41, 5.74) is 1.27. The highest BCUT2D eigenvalue weighted by Gasteiger charge is 2.43. The molecule has 1 N–H and O–H groups in total. The monoisotopic (exact) mass is 619 g/mol. The minimum Gasteiger partial charge on any atom is -0.449 e. The standard InChI is InChI=1S/C29H25F4N3O6S/c30-21-11-18(40-28(37)38)12-23-25(21)34-27(43-23)36-15-7-8-16(36)10-17(9-15)39-13-20-24(35-42-26(20)14-5-6-14)19-3-1-2-4-22(19)41-29(31,32)33/h1-4,11-12,14-17H,5-10,13H2,(H,37,38)/t15-,16+,17?. The van der Waals surface area contributed by atoms with Crippen molar-refractivity contribution in [1.82, 2.24) is 10.1 Å². The Morgan fingerprint density at radius 1 is 1.12 bits per heavy atom. The average Bonchev–Trinajstić information content (AvgIpc) is 3.45. The third kappa shape index (κ3) is 5.60. The molecule has 4 aromatic rings. The smallest absolute Gasteiger partial charge is 0.449 e. The van der Waals surface area contributed by atoms with Gasteiger partial charge in [-0.25, -0.2) is 14.2 Å². The molecule has 0 radical (unpaired) electrons. The summed E-state index contributed by atoms with van der Waals surface area (Å²) in [7, 11) is 0. The second-order valence-corrected chi connectivity index (χ2v) is 12.0. The Bertz CT molecular complexity index is 1670. The van der Waals surface area contributed by atoms with Gasteiger partial charge in [-0.3, -0.25) is 0 Å². The molecular weight excluding hydrogens is 594 g/mol. The van der Waals surface area contributed by atoms with E-state index in [1.54, 1.807) is 6.07 Å². The Morgan fingerprint density at radius 3 is 2.56 bits per heavy atom. The van der Waals surface area contributed by atoms with E-state index in [4.69, 9.17) is 14.4 Å². The zero-order valence-corrected chi connectivity index (χ0v) is 23.3. The summed E-state index contributed by atoms with van der Waals surface area (Å²) < 4.78 is 75.5. The maximum atomic E-state index is 14.7. The third-order valence-electron chi connectivity index (χ3n) is 8.12. The third-order valence-corrected chi connectivity index (χ3v) is 9.14. The van der Waals surface area contributed by atoms with Crippen LogP contribution in [0.25, 0.3) is 21.5 Å². The van der Waals surface area contributed by atoms with E-state index in [0.717, 1.165) is 31.7 Å². The Hall–Kier alpha value is -3.91. The SMILES string of the molecule is O=C(O)Oc1cc(F)c2nc(N3[C@@H]4CC[C@H]3CC(OCc3c(-c5ccccc5OC(F)(F)F)noc3C3CC3)C4)sc2c1. The maximum Gasteiger partial charge on any atom is 0.573 e. The van der Waals surface area contributed by atoms with Crippen LogP contribution in [0.4, 0.5) is 27.5 Å². The quantitative estimate of drug-likeness (QED) is 0.121. The number of piperidine rings is 1. The first-order valence-corrected chi connectivity index (χ1v) is 14.7. The van der Waals surface area contributed by atoms with E-state index in [1.165, 1.54) is 35.6 Å². The molecule has 0 amide bonds. The van der Waals surface area contributed by atoms with E-state index in [0.29, 0.717) is 34.0 Å². The van der Waals surface area contributed by atoms with Crippen LogP contribution in [0.15, 0.2) is 40.9 Å². The number of para-hydroxylation sites is 1. The lowest BCUT2D eigenvalue weighted by atomic mass is 10.00.